The highest BCUT2D eigenvalue weighted by Gasteiger charge is 2.12. The summed E-state index contributed by atoms with van der Waals surface area (Å²) in [7, 11) is 1.56. The predicted octanol–water partition coefficient (Wildman–Crippen LogP) is 2.78. The SMILES string of the molecule is COC[C@H](C)NC(=O)Nc1ccc(-n2nc(C)cc2C)c(F)c1. The molecule has 1 atom stereocenters. The van der Waals surface area contributed by atoms with Crippen molar-refractivity contribution in [3.8, 4) is 5.69 Å². The number of amides is 2. The molecule has 0 fully saturated rings. The lowest BCUT2D eigenvalue weighted by Gasteiger charge is -2.14. The third-order valence-corrected chi connectivity index (χ3v) is 3.24. The van der Waals surface area contributed by atoms with Crippen LogP contribution in [0.1, 0.15) is 18.3 Å². The molecule has 124 valence electrons. The van der Waals surface area contributed by atoms with Crippen molar-refractivity contribution in [2.24, 2.45) is 0 Å². The Bertz CT molecular complexity index is 699. The van der Waals surface area contributed by atoms with Gasteiger partial charge in [-0.15, -0.1) is 0 Å². The topological polar surface area (TPSA) is 68.2 Å². The van der Waals surface area contributed by atoms with Gasteiger partial charge in [0, 0.05) is 18.5 Å². The van der Waals surface area contributed by atoms with Gasteiger partial charge < -0.3 is 15.4 Å². The van der Waals surface area contributed by atoms with Crippen LogP contribution >= 0.6 is 0 Å². The summed E-state index contributed by atoms with van der Waals surface area (Å²) in [4.78, 5) is 11.8. The second-order valence-electron chi connectivity index (χ2n) is 5.46. The number of aromatic nitrogens is 2. The van der Waals surface area contributed by atoms with E-state index in [1.54, 1.807) is 19.2 Å². The number of hydrogen-bond donors (Lipinski definition) is 2. The van der Waals surface area contributed by atoms with Gasteiger partial charge in [-0.2, -0.15) is 5.10 Å². The normalized spacial score (nSPS) is 12.0. The van der Waals surface area contributed by atoms with E-state index in [9.17, 15) is 9.18 Å². The number of halogens is 1. The van der Waals surface area contributed by atoms with Gasteiger partial charge in [0.25, 0.3) is 0 Å². The molecule has 0 radical (unpaired) electrons. The van der Waals surface area contributed by atoms with Gasteiger partial charge in [0.05, 0.1) is 18.3 Å². The van der Waals surface area contributed by atoms with Crippen molar-refractivity contribution < 1.29 is 13.9 Å². The summed E-state index contributed by atoms with van der Waals surface area (Å²) in [6, 6.07) is 5.81. The average molecular weight is 320 g/mol. The first-order valence-corrected chi connectivity index (χ1v) is 7.30. The number of methoxy groups -OCH3 is 1. The summed E-state index contributed by atoms with van der Waals surface area (Å²) in [6.07, 6.45) is 0. The molecule has 2 amide bonds. The van der Waals surface area contributed by atoms with Gasteiger partial charge in [-0.1, -0.05) is 0 Å². The van der Waals surface area contributed by atoms with E-state index < -0.39 is 11.8 Å². The standard InChI is InChI=1S/C16H21FN4O2/c1-10-7-12(3)21(20-10)15-6-5-13(8-14(15)17)19-16(22)18-11(2)9-23-4/h5-8,11H,9H2,1-4H3,(H2,18,19,22)/t11-/m0/s1. The van der Waals surface area contributed by atoms with Crippen LogP contribution in [0, 0.1) is 19.7 Å². The highest BCUT2D eigenvalue weighted by atomic mass is 19.1. The molecule has 0 unspecified atom stereocenters. The summed E-state index contributed by atoms with van der Waals surface area (Å²) in [6.45, 7) is 5.92. The van der Waals surface area contributed by atoms with Crippen molar-refractivity contribution in [3.63, 3.8) is 0 Å². The molecule has 0 aliphatic heterocycles. The first-order chi connectivity index (χ1) is 10.9. The molecule has 2 N–H and O–H groups in total. The average Bonchev–Trinajstić information content (AvgIpc) is 2.77. The van der Waals surface area contributed by atoms with E-state index in [4.69, 9.17) is 4.74 Å². The third kappa shape index (κ3) is 4.29. The number of ether oxygens (including phenoxy) is 1. The van der Waals surface area contributed by atoms with Crippen LogP contribution in [0.15, 0.2) is 24.3 Å². The zero-order chi connectivity index (χ0) is 17.0. The lowest BCUT2D eigenvalue weighted by molar-refractivity contribution is 0.173. The molecule has 0 saturated carbocycles. The number of anilines is 1. The highest BCUT2D eigenvalue weighted by Crippen LogP contribution is 2.19. The monoisotopic (exact) mass is 320 g/mol. The molecule has 0 aliphatic carbocycles. The number of carbonyl (C=O) groups excluding carboxylic acids is 1. The van der Waals surface area contributed by atoms with Crippen LogP contribution in [-0.2, 0) is 4.74 Å². The Morgan fingerprint density at radius 3 is 2.70 bits per heavy atom. The van der Waals surface area contributed by atoms with Crippen molar-refractivity contribution in [2.75, 3.05) is 19.0 Å². The van der Waals surface area contributed by atoms with Gasteiger partial charge >= 0.3 is 6.03 Å². The Morgan fingerprint density at radius 2 is 2.13 bits per heavy atom. The molecule has 2 aromatic rings. The maximum Gasteiger partial charge on any atom is 0.319 e. The van der Waals surface area contributed by atoms with E-state index in [-0.39, 0.29) is 6.04 Å². The van der Waals surface area contributed by atoms with Crippen molar-refractivity contribution in [1.82, 2.24) is 15.1 Å². The third-order valence-electron chi connectivity index (χ3n) is 3.24. The van der Waals surface area contributed by atoms with E-state index in [2.05, 4.69) is 15.7 Å². The summed E-state index contributed by atoms with van der Waals surface area (Å²) < 4.78 is 20.8. The zero-order valence-electron chi connectivity index (χ0n) is 13.7. The lowest BCUT2D eigenvalue weighted by Crippen LogP contribution is -2.38. The number of rotatable bonds is 5. The molecule has 7 heteroatoms. The van der Waals surface area contributed by atoms with Crippen LogP contribution in [0.4, 0.5) is 14.9 Å². The molecule has 6 nitrogen and oxygen atoms in total. The molecule has 0 bridgehead atoms. The summed E-state index contributed by atoms with van der Waals surface area (Å²) in [5, 5.41) is 9.54. The molecule has 1 heterocycles. The maximum absolute atomic E-state index is 14.3. The van der Waals surface area contributed by atoms with Gasteiger partial charge in [0.2, 0.25) is 0 Å². The van der Waals surface area contributed by atoms with Gasteiger partial charge in [0.1, 0.15) is 5.69 Å². The minimum Gasteiger partial charge on any atom is -0.383 e. The Morgan fingerprint density at radius 1 is 1.39 bits per heavy atom. The van der Waals surface area contributed by atoms with Crippen molar-refractivity contribution in [1.29, 1.82) is 0 Å². The van der Waals surface area contributed by atoms with Crippen LogP contribution in [0.5, 0.6) is 0 Å². The first kappa shape index (κ1) is 17.0. The van der Waals surface area contributed by atoms with E-state index in [0.717, 1.165) is 11.4 Å². The fourth-order valence-electron chi connectivity index (χ4n) is 2.31. The second-order valence-corrected chi connectivity index (χ2v) is 5.46. The van der Waals surface area contributed by atoms with E-state index in [1.807, 2.05) is 26.8 Å². The van der Waals surface area contributed by atoms with E-state index in [0.29, 0.717) is 18.0 Å². The summed E-state index contributed by atoms with van der Waals surface area (Å²) >= 11 is 0. The number of nitrogens with zero attached hydrogens (tertiary/aromatic N) is 2. The number of hydrogen-bond acceptors (Lipinski definition) is 3. The summed E-state index contributed by atoms with van der Waals surface area (Å²) in [5.41, 5.74) is 2.37. The van der Waals surface area contributed by atoms with Crippen molar-refractivity contribution >= 4 is 11.7 Å². The van der Waals surface area contributed by atoms with Gasteiger partial charge in [-0.05, 0) is 45.0 Å². The number of benzene rings is 1. The Balaban J connectivity index is 2.10. The minimum atomic E-state index is -0.459. The first-order valence-electron chi connectivity index (χ1n) is 7.30. The fraction of sp³-hybridized carbons (Fsp3) is 0.375. The molecule has 0 spiro atoms. The smallest absolute Gasteiger partial charge is 0.319 e. The van der Waals surface area contributed by atoms with Gasteiger partial charge in [-0.25, -0.2) is 13.9 Å². The number of aryl methyl sites for hydroxylation is 2. The Hall–Kier alpha value is -2.41. The number of urea groups is 1. The van der Waals surface area contributed by atoms with Gasteiger partial charge in [0.15, 0.2) is 5.82 Å². The van der Waals surface area contributed by atoms with Crippen LogP contribution in [0.2, 0.25) is 0 Å². The van der Waals surface area contributed by atoms with Crippen molar-refractivity contribution in [2.45, 2.75) is 26.8 Å². The predicted molar refractivity (Wildman–Crippen MR) is 86.5 cm³/mol. The number of carbonyl (C=O) groups is 1. The molecule has 1 aromatic heterocycles. The van der Waals surface area contributed by atoms with Crippen LogP contribution in [-0.4, -0.2) is 35.6 Å². The molecule has 23 heavy (non-hydrogen) atoms. The molecular formula is C16H21FN4O2. The lowest BCUT2D eigenvalue weighted by atomic mass is 10.2. The highest BCUT2D eigenvalue weighted by molar-refractivity contribution is 5.89. The van der Waals surface area contributed by atoms with E-state index >= 15 is 0 Å². The largest absolute Gasteiger partial charge is 0.383 e. The molecule has 0 saturated heterocycles. The van der Waals surface area contributed by atoms with Gasteiger partial charge in [-0.3, -0.25) is 0 Å². The Kier molecular flexibility index (Phi) is 5.33. The Labute approximate surface area is 134 Å². The summed E-state index contributed by atoms with van der Waals surface area (Å²) in [5.74, 6) is -0.459. The molecule has 2 rings (SSSR count). The molecule has 1 aromatic carbocycles. The second kappa shape index (κ2) is 7.23. The fourth-order valence-corrected chi connectivity index (χ4v) is 2.31. The van der Waals surface area contributed by atoms with Crippen LogP contribution in [0.3, 0.4) is 0 Å². The van der Waals surface area contributed by atoms with Crippen LogP contribution < -0.4 is 10.6 Å². The van der Waals surface area contributed by atoms with Crippen molar-refractivity contribution in [3.05, 3.63) is 41.5 Å². The molecule has 0 aliphatic rings. The van der Waals surface area contributed by atoms with Crippen LogP contribution in [0.25, 0.3) is 5.69 Å². The minimum absolute atomic E-state index is 0.140. The quantitative estimate of drug-likeness (QED) is 0.890. The molecular weight excluding hydrogens is 299 g/mol. The zero-order valence-corrected chi connectivity index (χ0v) is 13.7. The van der Waals surface area contributed by atoms with E-state index in [1.165, 1.54) is 10.7 Å². The maximum atomic E-state index is 14.3. The number of nitrogens with one attached hydrogen (secondary N) is 2.